The first-order chi connectivity index (χ1) is 8.18. The molecule has 0 saturated carbocycles. The minimum absolute atomic E-state index is 0.271. The molecule has 0 aliphatic rings. The number of primary amides is 1. The molecule has 1 aromatic rings. The SMILES string of the molecule is NC(=O)CONC(=O)CSCc1ccccc1. The molecule has 3 N–H and O–H groups in total. The van der Waals surface area contributed by atoms with Gasteiger partial charge in [-0.05, 0) is 5.56 Å². The van der Waals surface area contributed by atoms with Gasteiger partial charge in [0.05, 0.1) is 5.75 Å². The number of hydrogen-bond acceptors (Lipinski definition) is 4. The Morgan fingerprint density at radius 1 is 1.29 bits per heavy atom. The summed E-state index contributed by atoms with van der Waals surface area (Å²) in [5.41, 5.74) is 8.13. The monoisotopic (exact) mass is 254 g/mol. The molecule has 6 heteroatoms. The van der Waals surface area contributed by atoms with Gasteiger partial charge in [0.1, 0.15) is 0 Å². The Labute approximate surface area is 104 Å². The molecule has 17 heavy (non-hydrogen) atoms. The second-order valence-corrected chi connectivity index (χ2v) is 4.24. The number of nitrogens with one attached hydrogen (secondary N) is 1. The van der Waals surface area contributed by atoms with Gasteiger partial charge in [-0.15, -0.1) is 11.8 Å². The zero-order valence-corrected chi connectivity index (χ0v) is 10.0. The van der Waals surface area contributed by atoms with Crippen molar-refractivity contribution in [3.63, 3.8) is 0 Å². The average Bonchev–Trinajstić information content (AvgIpc) is 2.30. The third-order valence-corrected chi connectivity index (χ3v) is 2.75. The highest BCUT2D eigenvalue weighted by atomic mass is 32.2. The first-order valence-electron chi connectivity index (χ1n) is 4.99. The normalized spacial score (nSPS) is 9.88. The Bertz CT molecular complexity index is 370. The van der Waals surface area contributed by atoms with E-state index < -0.39 is 5.91 Å². The molecule has 92 valence electrons. The lowest BCUT2D eigenvalue weighted by Crippen LogP contribution is -2.30. The van der Waals surface area contributed by atoms with E-state index in [4.69, 9.17) is 5.73 Å². The fourth-order valence-corrected chi connectivity index (χ4v) is 1.83. The van der Waals surface area contributed by atoms with Crippen molar-refractivity contribution in [3.8, 4) is 0 Å². The van der Waals surface area contributed by atoms with Crippen LogP contribution >= 0.6 is 11.8 Å². The summed E-state index contributed by atoms with van der Waals surface area (Å²) in [6.45, 7) is -0.310. The molecule has 0 unspecified atom stereocenters. The molecule has 1 rings (SSSR count). The van der Waals surface area contributed by atoms with Crippen LogP contribution in [0.4, 0.5) is 0 Å². The molecule has 2 amide bonds. The van der Waals surface area contributed by atoms with Gasteiger partial charge < -0.3 is 5.73 Å². The number of carbonyl (C=O) groups excluding carboxylic acids is 2. The lowest BCUT2D eigenvalue weighted by molar-refractivity contribution is -0.135. The largest absolute Gasteiger partial charge is 0.368 e. The second kappa shape index (κ2) is 7.70. The molecule has 0 aromatic heterocycles. The minimum atomic E-state index is -0.623. The highest BCUT2D eigenvalue weighted by Gasteiger charge is 2.02. The van der Waals surface area contributed by atoms with E-state index in [9.17, 15) is 9.59 Å². The van der Waals surface area contributed by atoms with Crippen LogP contribution < -0.4 is 11.2 Å². The number of hydrogen-bond donors (Lipinski definition) is 2. The Morgan fingerprint density at radius 2 is 2.00 bits per heavy atom. The number of thioether (sulfide) groups is 1. The van der Waals surface area contributed by atoms with Crippen LogP contribution in [0, 0.1) is 0 Å². The molecule has 0 saturated heterocycles. The fourth-order valence-electron chi connectivity index (χ4n) is 1.05. The number of amides is 2. The number of benzene rings is 1. The van der Waals surface area contributed by atoms with Crippen LogP contribution in [0.1, 0.15) is 5.56 Å². The van der Waals surface area contributed by atoms with E-state index >= 15 is 0 Å². The van der Waals surface area contributed by atoms with Gasteiger partial charge >= 0.3 is 0 Å². The van der Waals surface area contributed by atoms with Crippen molar-refractivity contribution in [3.05, 3.63) is 35.9 Å². The maximum atomic E-state index is 11.2. The number of carbonyl (C=O) groups is 2. The van der Waals surface area contributed by atoms with Gasteiger partial charge in [-0.1, -0.05) is 30.3 Å². The number of rotatable bonds is 7. The van der Waals surface area contributed by atoms with Gasteiger partial charge in [-0.25, -0.2) is 5.48 Å². The molecule has 0 heterocycles. The first kappa shape index (κ1) is 13.5. The van der Waals surface area contributed by atoms with E-state index in [1.165, 1.54) is 11.8 Å². The lowest BCUT2D eigenvalue weighted by atomic mass is 10.2. The van der Waals surface area contributed by atoms with E-state index in [1.807, 2.05) is 30.3 Å². The van der Waals surface area contributed by atoms with Gasteiger partial charge in [0.2, 0.25) is 5.91 Å². The van der Waals surface area contributed by atoms with E-state index in [-0.39, 0.29) is 18.3 Å². The summed E-state index contributed by atoms with van der Waals surface area (Å²) >= 11 is 1.47. The van der Waals surface area contributed by atoms with Crippen molar-refractivity contribution in [1.82, 2.24) is 5.48 Å². The first-order valence-corrected chi connectivity index (χ1v) is 6.14. The lowest BCUT2D eigenvalue weighted by Gasteiger charge is -2.04. The molecule has 0 fully saturated rings. The quantitative estimate of drug-likeness (QED) is 0.692. The Balaban J connectivity index is 2.10. The molecule has 0 aliphatic heterocycles. The molecule has 0 bridgehead atoms. The highest BCUT2D eigenvalue weighted by Crippen LogP contribution is 2.10. The maximum Gasteiger partial charge on any atom is 0.253 e. The molecule has 5 nitrogen and oxygen atoms in total. The molecule has 1 aromatic carbocycles. The summed E-state index contributed by atoms with van der Waals surface area (Å²) < 4.78 is 0. The topological polar surface area (TPSA) is 81.4 Å². The van der Waals surface area contributed by atoms with Gasteiger partial charge in [0.15, 0.2) is 6.61 Å². The van der Waals surface area contributed by atoms with E-state index in [2.05, 4.69) is 10.3 Å². The summed E-state index contributed by atoms with van der Waals surface area (Å²) in [5, 5.41) is 0. The standard InChI is InChI=1S/C11H14N2O3S/c12-10(14)6-16-13-11(15)8-17-7-9-4-2-1-3-5-9/h1-5H,6-8H2,(H2,12,14)(H,13,15). The molecule has 0 radical (unpaired) electrons. The predicted octanol–water partition coefficient (Wildman–Crippen LogP) is 0.453. The zero-order valence-electron chi connectivity index (χ0n) is 9.22. The maximum absolute atomic E-state index is 11.2. The zero-order chi connectivity index (χ0) is 12.5. The van der Waals surface area contributed by atoms with Crippen LogP contribution in [0.15, 0.2) is 30.3 Å². The number of hydroxylamine groups is 1. The second-order valence-electron chi connectivity index (χ2n) is 3.26. The van der Waals surface area contributed by atoms with Crippen molar-refractivity contribution in [2.75, 3.05) is 12.4 Å². The predicted molar refractivity (Wildman–Crippen MR) is 65.9 cm³/mol. The third kappa shape index (κ3) is 6.60. The summed E-state index contributed by atoms with van der Waals surface area (Å²) in [7, 11) is 0. The van der Waals surface area contributed by atoms with Gasteiger partial charge in [0, 0.05) is 5.75 Å². The van der Waals surface area contributed by atoms with Gasteiger partial charge in [0.25, 0.3) is 5.91 Å². The van der Waals surface area contributed by atoms with Crippen molar-refractivity contribution in [2.24, 2.45) is 5.73 Å². The van der Waals surface area contributed by atoms with Crippen LogP contribution in [-0.2, 0) is 20.2 Å². The smallest absolute Gasteiger partial charge is 0.253 e. The Kier molecular flexibility index (Phi) is 6.13. The molecular weight excluding hydrogens is 240 g/mol. The molecule has 0 aliphatic carbocycles. The van der Waals surface area contributed by atoms with Crippen molar-refractivity contribution in [1.29, 1.82) is 0 Å². The summed E-state index contributed by atoms with van der Waals surface area (Å²) in [6.07, 6.45) is 0. The van der Waals surface area contributed by atoms with Crippen molar-refractivity contribution in [2.45, 2.75) is 5.75 Å². The van der Waals surface area contributed by atoms with Crippen molar-refractivity contribution >= 4 is 23.6 Å². The van der Waals surface area contributed by atoms with Crippen LogP contribution in [0.5, 0.6) is 0 Å². The third-order valence-electron chi connectivity index (χ3n) is 1.75. The van der Waals surface area contributed by atoms with E-state index in [0.717, 1.165) is 11.3 Å². The summed E-state index contributed by atoms with van der Waals surface area (Å²) in [6, 6.07) is 9.83. The minimum Gasteiger partial charge on any atom is -0.368 e. The van der Waals surface area contributed by atoms with E-state index in [1.54, 1.807) is 0 Å². The van der Waals surface area contributed by atoms with Crippen molar-refractivity contribution < 1.29 is 14.4 Å². The summed E-state index contributed by atoms with van der Waals surface area (Å²) in [5.74, 6) is 0.118. The molecular formula is C11H14N2O3S. The summed E-state index contributed by atoms with van der Waals surface area (Å²) in [4.78, 5) is 26.1. The molecule has 0 spiro atoms. The van der Waals surface area contributed by atoms with Crippen LogP contribution in [0.2, 0.25) is 0 Å². The van der Waals surface area contributed by atoms with Crippen LogP contribution in [0.25, 0.3) is 0 Å². The average molecular weight is 254 g/mol. The van der Waals surface area contributed by atoms with Gasteiger partial charge in [-0.3, -0.25) is 14.4 Å². The Hall–Kier alpha value is -1.53. The van der Waals surface area contributed by atoms with E-state index in [0.29, 0.717) is 0 Å². The highest BCUT2D eigenvalue weighted by molar-refractivity contribution is 7.99. The Morgan fingerprint density at radius 3 is 2.65 bits per heavy atom. The molecule has 0 atom stereocenters. The van der Waals surface area contributed by atoms with Crippen LogP contribution in [-0.4, -0.2) is 24.2 Å². The van der Waals surface area contributed by atoms with Gasteiger partial charge in [-0.2, -0.15) is 0 Å². The number of nitrogens with two attached hydrogens (primary N) is 1. The van der Waals surface area contributed by atoms with Crippen LogP contribution in [0.3, 0.4) is 0 Å². The fraction of sp³-hybridized carbons (Fsp3) is 0.273.